The Hall–Kier alpha value is -0.0800. The van der Waals surface area contributed by atoms with Crippen LogP contribution in [0.25, 0.3) is 0 Å². The zero-order valence-corrected chi connectivity index (χ0v) is 10.6. The van der Waals surface area contributed by atoms with Gasteiger partial charge in [0.15, 0.2) is 0 Å². The van der Waals surface area contributed by atoms with Gasteiger partial charge in [-0.2, -0.15) is 0 Å². The molecule has 0 spiro atoms. The summed E-state index contributed by atoms with van der Waals surface area (Å²) in [5.74, 6) is 2.28. The molecular weight excluding hydrogens is 198 g/mol. The molecule has 2 heteroatoms. The molecule has 2 N–H and O–H groups in total. The Morgan fingerprint density at radius 3 is 2.25 bits per heavy atom. The van der Waals surface area contributed by atoms with E-state index in [2.05, 4.69) is 12.2 Å². The summed E-state index contributed by atoms with van der Waals surface area (Å²) in [6, 6.07) is 0.759. The molecule has 0 aromatic carbocycles. The average molecular weight is 225 g/mol. The van der Waals surface area contributed by atoms with Gasteiger partial charge in [0.1, 0.15) is 0 Å². The Morgan fingerprint density at radius 2 is 1.69 bits per heavy atom. The second-order valence-corrected chi connectivity index (χ2v) is 5.96. The zero-order chi connectivity index (χ0) is 11.4. The lowest BCUT2D eigenvalue weighted by atomic mass is 9.82. The zero-order valence-electron chi connectivity index (χ0n) is 10.6. The molecule has 0 bridgehead atoms. The summed E-state index contributed by atoms with van der Waals surface area (Å²) < 4.78 is 0. The topological polar surface area (TPSA) is 32.3 Å². The molecule has 2 unspecified atom stereocenters. The monoisotopic (exact) mass is 225 g/mol. The van der Waals surface area contributed by atoms with E-state index in [1.807, 2.05) is 0 Å². The van der Waals surface area contributed by atoms with Crippen LogP contribution >= 0.6 is 0 Å². The third-order valence-corrected chi connectivity index (χ3v) is 4.30. The second kappa shape index (κ2) is 6.02. The van der Waals surface area contributed by atoms with Crippen LogP contribution in [0.5, 0.6) is 0 Å². The van der Waals surface area contributed by atoms with E-state index in [0.717, 1.165) is 24.4 Å². The number of nitrogens with one attached hydrogen (secondary N) is 1. The van der Waals surface area contributed by atoms with E-state index < -0.39 is 0 Å². The summed E-state index contributed by atoms with van der Waals surface area (Å²) in [6.45, 7) is 3.43. The lowest BCUT2D eigenvalue weighted by molar-refractivity contribution is 0.204. The fourth-order valence-corrected chi connectivity index (χ4v) is 3.07. The fourth-order valence-electron chi connectivity index (χ4n) is 3.07. The molecule has 2 aliphatic carbocycles. The Balaban J connectivity index is 1.79. The van der Waals surface area contributed by atoms with Gasteiger partial charge >= 0.3 is 0 Å². The van der Waals surface area contributed by atoms with Gasteiger partial charge in [0.25, 0.3) is 0 Å². The summed E-state index contributed by atoms with van der Waals surface area (Å²) in [4.78, 5) is 0. The van der Waals surface area contributed by atoms with Crippen LogP contribution in [0.15, 0.2) is 0 Å². The quantitative estimate of drug-likeness (QED) is 0.728. The molecule has 0 aromatic heterocycles. The van der Waals surface area contributed by atoms with Crippen molar-refractivity contribution in [3.63, 3.8) is 0 Å². The van der Waals surface area contributed by atoms with Crippen LogP contribution < -0.4 is 5.32 Å². The van der Waals surface area contributed by atoms with Crippen LogP contribution in [0.4, 0.5) is 0 Å². The molecule has 2 rings (SSSR count). The Kier molecular flexibility index (Phi) is 4.66. The van der Waals surface area contributed by atoms with E-state index in [1.165, 1.54) is 44.9 Å². The van der Waals surface area contributed by atoms with E-state index in [4.69, 9.17) is 5.11 Å². The molecule has 2 saturated carbocycles. The van der Waals surface area contributed by atoms with Gasteiger partial charge in [-0.1, -0.05) is 26.2 Å². The molecule has 0 heterocycles. The van der Waals surface area contributed by atoms with Gasteiger partial charge in [0.2, 0.25) is 0 Å². The van der Waals surface area contributed by atoms with Crippen LogP contribution in [0.2, 0.25) is 0 Å². The Labute approximate surface area is 99.8 Å². The molecule has 2 aliphatic rings. The highest BCUT2D eigenvalue weighted by atomic mass is 16.3. The van der Waals surface area contributed by atoms with Gasteiger partial charge in [-0.3, -0.25) is 0 Å². The summed E-state index contributed by atoms with van der Waals surface area (Å²) in [5, 5.41) is 12.8. The molecule has 2 atom stereocenters. The van der Waals surface area contributed by atoms with Crippen molar-refractivity contribution in [3.8, 4) is 0 Å². The van der Waals surface area contributed by atoms with Crippen LogP contribution in [0, 0.1) is 17.8 Å². The van der Waals surface area contributed by atoms with E-state index in [9.17, 15) is 0 Å². The van der Waals surface area contributed by atoms with Gasteiger partial charge in [-0.05, 0) is 43.4 Å². The minimum Gasteiger partial charge on any atom is -0.396 e. The number of aliphatic hydroxyl groups excluding tert-OH is 1. The molecule has 16 heavy (non-hydrogen) atoms. The summed E-state index contributed by atoms with van der Waals surface area (Å²) in [7, 11) is 0. The molecule has 0 amide bonds. The van der Waals surface area contributed by atoms with Crippen LogP contribution in [-0.2, 0) is 0 Å². The predicted octanol–water partition coefficient (Wildman–Crippen LogP) is 2.56. The molecular formula is C14H27NO. The minimum absolute atomic E-state index is 0.315. The first-order valence-electron chi connectivity index (χ1n) is 7.15. The first-order chi connectivity index (χ1) is 7.81. The summed E-state index contributed by atoms with van der Waals surface area (Å²) >= 11 is 0. The van der Waals surface area contributed by atoms with Crippen molar-refractivity contribution < 1.29 is 5.11 Å². The highest BCUT2D eigenvalue weighted by Crippen LogP contribution is 2.40. The maximum Gasteiger partial charge on any atom is 0.0468 e. The van der Waals surface area contributed by atoms with E-state index in [0.29, 0.717) is 12.5 Å². The maximum atomic E-state index is 9.07. The second-order valence-electron chi connectivity index (χ2n) is 5.96. The maximum absolute atomic E-state index is 9.07. The standard InChI is InChI=1S/C14H27NO/c1-11(10-16)9-15-14(13-7-8-13)12-5-3-2-4-6-12/h11-16H,2-10H2,1H3. The number of hydrogen-bond donors (Lipinski definition) is 2. The van der Waals surface area contributed by atoms with Crippen molar-refractivity contribution in [3.05, 3.63) is 0 Å². The number of rotatable bonds is 6. The van der Waals surface area contributed by atoms with Crippen molar-refractivity contribution >= 4 is 0 Å². The SMILES string of the molecule is CC(CO)CNC(C1CCCCC1)C1CC1. The van der Waals surface area contributed by atoms with Gasteiger partial charge in [0.05, 0.1) is 0 Å². The number of hydrogen-bond acceptors (Lipinski definition) is 2. The normalized spacial score (nSPS) is 26.6. The minimum atomic E-state index is 0.315. The van der Waals surface area contributed by atoms with Crippen molar-refractivity contribution in [2.75, 3.05) is 13.2 Å². The van der Waals surface area contributed by atoms with Crippen molar-refractivity contribution in [2.24, 2.45) is 17.8 Å². The third kappa shape index (κ3) is 3.46. The largest absolute Gasteiger partial charge is 0.396 e. The predicted molar refractivity (Wildman–Crippen MR) is 67.3 cm³/mol. The van der Waals surface area contributed by atoms with Crippen LogP contribution in [0.3, 0.4) is 0 Å². The Bertz CT molecular complexity index is 197. The molecule has 0 aliphatic heterocycles. The van der Waals surface area contributed by atoms with Gasteiger partial charge in [-0.25, -0.2) is 0 Å². The summed E-state index contributed by atoms with van der Waals surface area (Å²) in [6.07, 6.45) is 10.0. The highest BCUT2D eigenvalue weighted by molar-refractivity contribution is 4.92. The van der Waals surface area contributed by atoms with E-state index >= 15 is 0 Å². The third-order valence-electron chi connectivity index (χ3n) is 4.30. The Morgan fingerprint density at radius 1 is 1.06 bits per heavy atom. The van der Waals surface area contributed by atoms with Gasteiger partial charge in [-0.15, -0.1) is 0 Å². The summed E-state index contributed by atoms with van der Waals surface area (Å²) in [5.41, 5.74) is 0. The van der Waals surface area contributed by atoms with Crippen molar-refractivity contribution in [2.45, 2.75) is 57.9 Å². The highest BCUT2D eigenvalue weighted by Gasteiger charge is 2.36. The lowest BCUT2D eigenvalue weighted by Crippen LogP contribution is -2.41. The molecule has 0 radical (unpaired) electrons. The molecule has 0 aromatic rings. The van der Waals surface area contributed by atoms with Gasteiger partial charge in [0, 0.05) is 19.2 Å². The molecule has 2 nitrogen and oxygen atoms in total. The molecule has 2 fully saturated rings. The number of aliphatic hydroxyl groups is 1. The lowest BCUT2D eigenvalue weighted by Gasteiger charge is -2.32. The fraction of sp³-hybridized carbons (Fsp3) is 1.00. The van der Waals surface area contributed by atoms with Crippen LogP contribution in [0.1, 0.15) is 51.9 Å². The van der Waals surface area contributed by atoms with Crippen molar-refractivity contribution in [1.29, 1.82) is 0 Å². The molecule has 94 valence electrons. The average Bonchev–Trinajstić information content (AvgIpc) is 3.15. The van der Waals surface area contributed by atoms with Crippen molar-refractivity contribution in [1.82, 2.24) is 5.32 Å². The molecule has 0 saturated heterocycles. The first kappa shape index (κ1) is 12.4. The van der Waals surface area contributed by atoms with E-state index in [1.54, 1.807) is 0 Å². The van der Waals surface area contributed by atoms with E-state index in [-0.39, 0.29) is 0 Å². The van der Waals surface area contributed by atoms with Crippen LogP contribution in [-0.4, -0.2) is 24.3 Å². The smallest absolute Gasteiger partial charge is 0.0468 e. The first-order valence-corrected chi connectivity index (χ1v) is 7.15. The van der Waals surface area contributed by atoms with Gasteiger partial charge < -0.3 is 10.4 Å².